The van der Waals surface area contributed by atoms with Crippen LogP contribution in [0.2, 0.25) is 0 Å². The molecule has 1 saturated carbocycles. The van der Waals surface area contributed by atoms with Crippen molar-refractivity contribution in [1.82, 2.24) is 9.88 Å². The van der Waals surface area contributed by atoms with Crippen LogP contribution in [0.5, 0.6) is 11.5 Å². The van der Waals surface area contributed by atoms with Crippen LogP contribution < -0.4 is 15.4 Å². The topological polar surface area (TPSA) is 83.6 Å². The summed E-state index contributed by atoms with van der Waals surface area (Å²) in [5, 5.41) is 5.35. The van der Waals surface area contributed by atoms with Gasteiger partial charge in [0.25, 0.3) is 0 Å². The molecular formula is C28H29F3N4O3. The smallest absolute Gasteiger partial charge is 0.416 e. The van der Waals surface area contributed by atoms with Gasteiger partial charge in [-0.1, -0.05) is 18.2 Å². The third-order valence-corrected chi connectivity index (χ3v) is 5.89. The molecule has 200 valence electrons. The second-order valence-corrected chi connectivity index (χ2v) is 9.55. The number of ether oxygens (including phenoxy) is 1. The Labute approximate surface area is 219 Å². The number of anilines is 2. The summed E-state index contributed by atoms with van der Waals surface area (Å²) in [5.41, 5.74) is 0.305. The molecule has 0 radical (unpaired) electrons. The molecule has 0 aliphatic heterocycles. The normalized spacial score (nSPS) is 13.3. The van der Waals surface area contributed by atoms with E-state index in [1.54, 1.807) is 55.5 Å². The van der Waals surface area contributed by atoms with E-state index in [-0.39, 0.29) is 36.0 Å². The molecule has 0 spiro atoms. The number of carbonyl (C=O) groups is 2. The number of halogens is 3. The molecule has 0 bridgehead atoms. The largest absolute Gasteiger partial charge is 0.457 e. The summed E-state index contributed by atoms with van der Waals surface area (Å²) < 4.78 is 46.5. The fraction of sp³-hybridized carbons (Fsp3) is 0.321. The van der Waals surface area contributed by atoms with Gasteiger partial charge in [-0.25, -0.2) is 4.98 Å². The van der Waals surface area contributed by atoms with Gasteiger partial charge in [0, 0.05) is 36.8 Å². The number of rotatable bonds is 10. The maximum absolute atomic E-state index is 13.5. The van der Waals surface area contributed by atoms with Crippen LogP contribution in [-0.2, 0) is 28.7 Å². The minimum absolute atomic E-state index is 0.0472. The van der Waals surface area contributed by atoms with Gasteiger partial charge in [-0.05, 0) is 74.8 Å². The Morgan fingerprint density at radius 2 is 1.79 bits per heavy atom. The van der Waals surface area contributed by atoms with E-state index in [1.165, 1.54) is 12.1 Å². The predicted octanol–water partition coefficient (Wildman–Crippen LogP) is 5.87. The summed E-state index contributed by atoms with van der Waals surface area (Å²) in [6.07, 6.45) is -0.743. The fourth-order valence-electron chi connectivity index (χ4n) is 3.90. The van der Waals surface area contributed by atoms with Crippen LogP contribution in [0.15, 0.2) is 60.8 Å². The maximum Gasteiger partial charge on any atom is 0.416 e. The molecular weight excluding hydrogens is 497 g/mol. The van der Waals surface area contributed by atoms with Crippen molar-refractivity contribution in [2.45, 2.75) is 38.4 Å². The van der Waals surface area contributed by atoms with Crippen LogP contribution in [0.1, 0.15) is 36.0 Å². The molecule has 4 rings (SSSR count). The van der Waals surface area contributed by atoms with Gasteiger partial charge in [0.2, 0.25) is 11.8 Å². The molecule has 1 heterocycles. The Morgan fingerprint density at radius 3 is 2.50 bits per heavy atom. The monoisotopic (exact) mass is 526 g/mol. The van der Waals surface area contributed by atoms with Gasteiger partial charge < -0.3 is 20.3 Å². The van der Waals surface area contributed by atoms with Gasteiger partial charge in [-0.3, -0.25) is 9.59 Å². The van der Waals surface area contributed by atoms with Crippen LogP contribution in [0.4, 0.5) is 24.7 Å². The highest BCUT2D eigenvalue weighted by Crippen LogP contribution is 2.34. The molecule has 1 aliphatic rings. The summed E-state index contributed by atoms with van der Waals surface area (Å²) in [5.74, 6) is 1.07. The number of hydrogen-bond acceptors (Lipinski definition) is 5. The van der Waals surface area contributed by atoms with Crippen molar-refractivity contribution in [2.24, 2.45) is 5.92 Å². The highest BCUT2D eigenvalue weighted by Gasteiger charge is 2.34. The SMILES string of the molecule is CN(C)Cc1ccc(NC(=O)CCc2cccc(Oc3ccnc(NC(=O)C4CC4)c3)c2)cc1C(F)(F)F. The molecule has 2 aromatic carbocycles. The van der Waals surface area contributed by atoms with Gasteiger partial charge in [-0.15, -0.1) is 0 Å². The van der Waals surface area contributed by atoms with Crippen LogP contribution in [0, 0.1) is 5.92 Å². The first-order valence-corrected chi connectivity index (χ1v) is 12.3. The molecule has 7 nitrogen and oxygen atoms in total. The number of nitrogens with one attached hydrogen (secondary N) is 2. The van der Waals surface area contributed by atoms with Crippen LogP contribution >= 0.6 is 0 Å². The highest BCUT2D eigenvalue weighted by molar-refractivity contribution is 5.93. The first-order chi connectivity index (χ1) is 18.1. The Kier molecular flexibility index (Phi) is 8.31. The molecule has 2 amide bonds. The third kappa shape index (κ3) is 7.79. The molecule has 1 aromatic heterocycles. The van der Waals surface area contributed by atoms with E-state index in [4.69, 9.17) is 4.74 Å². The summed E-state index contributed by atoms with van der Waals surface area (Å²) in [4.78, 5) is 30.3. The number of hydrogen-bond donors (Lipinski definition) is 2. The lowest BCUT2D eigenvalue weighted by Crippen LogP contribution is -2.18. The van der Waals surface area contributed by atoms with Gasteiger partial charge in [-0.2, -0.15) is 13.2 Å². The van der Waals surface area contributed by atoms with E-state index in [2.05, 4.69) is 15.6 Å². The van der Waals surface area contributed by atoms with E-state index >= 15 is 0 Å². The van der Waals surface area contributed by atoms with Crippen molar-refractivity contribution < 1.29 is 27.5 Å². The molecule has 0 atom stereocenters. The summed E-state index contributed by atoms with van der Waals surface area (Å²) >= 11 is 0. The average Bonchev–Trinajstić information content (AvgIpc) is 3.69. The van der Waals surface area contributed by atoms with Crippen molar-refractivity contribution in [3.63, 3.8) is 0 Å². The number of pyridine rings is 1. The zero-order valence-electron chi connectivity index (χ0n) is 21.1. The number of aryl methyl sites for hydroxylation is 1. The Balaban J connectivity index is 1.34. The number of aromatic nitrogens is 1. The van der Waals surface area contributed by atoms with Crippen molar-refractivity contribution in [3.8, 4) is 11.5 Å². The lowest BCUT2D eigenvalue weighted by atomic mass is 10.1. The minimum Gasteiger partial charge on any atom is -0.457 e. The third-order valence-electron chi connectivity index (χ3n) is 5.89. The quantitative estimate of drug-likeness (QED) is 0.345. The number of alkyl halides is 3. The standard InChI is InChI=1S/C28H29F3N4O3/c1-35(2)17-20-9-10-21(15-24(20)28(29,30)31)33-26(36)11-6-18-4-3-5-22(14-18)38-23-12-13-32-25(16-23)34-27(37)19-7-8-19/h3-5,9-10,12-16,19H,6-8,11,17H2,1-2H3,(H,33,36)(H,32,34,37). The molecule has 1 aliphatic carbocycles. The van der Waals surface area contributed by atoms with Gasteiger partial charge in [0.1, 0.15) is 17.3 Å². The molecule has 2 N–H and O–H groups in total. The highest BCUT2D eigenvalue weighted by atomic mass is 19.4. The zero-order valence-corrected chi connectivity index (χ0v) is 21.1. The summed E-state index contributed by atoms with van der Waals surface area (Å²) in [6.45, 7) is 0.136. The van der Waals surface area contributed by atoms with E-state index < -0.39 is 17.6 Å². The summed E-state index contributed by atoms with van der Waals surface area (Å²) in [6, 6.07) is 14.3. The first kappa shape index (κ1) is 27.1. The van der Waals surface area contributed by atoms with Crippen molar-refractivity contribution in [1.29, 1.82) is 0 Å². The van der Waals surface area contributed by atoms with E-state index in [0.29, 0.717) is 23.7 Å². The lowest BCUT2D eigenvalue weighted by Gasteiger charge is -2.17. The average molecular weight is 527 g/mol. The van der Waals surface area contributed by atoms with Crippen LogP contribution in [-0.4, -0.2) is 35.8 Å². The lowest BCUT2D eigenvalue weighted by molar-refractivity contribution is -0.138. The van der Waals surface area contributed by atoms with Crippen LogP contribution in [0.25, 0.3) is 0 Å². The Morgan fingerprint density at radius 1 is 1.03 bits per heavy atom. The first-order valence-electron chi connectivity index (χ1n) is 12.3. The maximum atomic E-state index is 13.5. The molecule has 38 heavy (non-hydrogen) atoms. The molecule has 10 heteroatoms. The molecule has 0 saturated heterocycles. The second kappa shape index (κ2) is 11.6. The van der Waals surface area contributed by atoms with Gasteiger partial charge >= 0.3 is 6.18 Å². The van der Waals surface area contributed by atoms with Gasteiger partial charge in [0.15, 0.2) is 0 Å². The Bertz CT molecular complexity index is 1310. The molecule has 1 fully saturated rings. The van der Waals surface area contributed by atoms with E-state index in [9.17, 15) is 22.8 Å². The zero-order chi connectivity index (χ0) is 27.3. The second-order valence-electron chi connectivity index (χ2n) is 9.55. The van der Waals surface area contributed by atoms with Crippen molar-refractivity contribution in [3.05, 3.63) is 77.5 Å². The fourth-order valence-corrected chi connectivity index (χ4v) is 3.90. The number of nitrogens with zero attached hydrogens (tertiary/aromatic N) is 2. The van der Waals surface area contributed by atoms with Crippen molar-refractivity contribution >= 4 is 23.3 Å². The van der Waals surface area contributed by atoms with E-state index in [0.717, 1.165) is 24.5 Å². The van der Waals surface area contributed by atoms with Crippen molar-refractivity contribution in [2.75, 3.05) is 24.7 Å². The molecule has 0 unspecified atom stereocenters. The predicted molar refractivity (Wildman–Crippen MR) is 138 cm³/mol. The summed E-state index contributed by atoms with van der Waals surface area (Å²) in [7, 11) is 3.39. The minimum atomic E-state index is -4.52. The number of carbonyl (C=O) groups excluding carboxylic acids is 2. The number of benzene rings is 2. The van der Waals surface area contributed by atoms with E-state index in [1.807, 2.05) is 6.07 Å². The molecule has 3 aromatic rings. The Hall–Kier alpha value is -3.92. The number of amides is 2. The van der Waals surface area contributed by atoms with Gasteiger partial charge in [0.05, 0.1) is 5.56 Å². The van der Waals surface area contributed by atoms with Crippen LogP contribution in [0.3, 0.4) is 0 Å².